The Hall–Kier alpha value is -1.72. The second-order valence-electron chi connectivity index (χ2n) is 3.46. The number of halogens is 1. The Morgan fingerprint density at radius 1 is 1.38 bits per heavy atom. The summed E-state index contributed by atoms with van der Waals surface area (Å²) in [4.78, 5) is 0. The average molecular weight is 221 g/mol. The molecule has 0 aliphatic heterocycles. The van der Waals surface area contributed by atoms with Crippen LogP contribution >= 0.6 is 0 Å². The Labute approximate surface area is 91.9 Å². The van der Waals surface area contributed by atoms with E-state index in [0.717, 1.165) is 5.56 Å². The molecule has 1 aromatic carbocycles. The fourth-order valence-corrected chi connectivity index (χ4v) is 1.52. The van der Waals surface area contributed by atoms with Gasteiger partial charge in [0, 0.05) is 17.7 Å². The lowest BCUT2D eigenvalue weighted by Gasteiger charge is -2.08. The molecule has 0 saturated carbocycles. The van der Waals surface area contributed by atoms with Gasteiger partial charge in [0.2, 0.25) is 0 Å². The van der Waals surface area contributed by atoms with E-state index in [4.69, 9.17) is 5.73 Å². The molecule has 16 heavy (non-hydrogen) atoms. The van der Waals surface area contributed by atoms with E-state index >= 15 is 0 Å². The zero-order valence-electron chi connectivity index (χ0n) is 8.52. The van der Waals surface area contributed by atoms with Gasteiger partial charge < -0.3 is 10.8 Å². The molecular weight excluding hydrogens is 209 g/mol. The Morgan fingerprint density at radius 2 is 2.06 bits per heavy atom. The summed E-state index contributed by atoms with van der Waals surface area (Å²) >= 11 is 0. The Balaban J connectivity index is 2.40. The maximum Gasteiger partial charge on any atom is 0.123 e. The molecule has 4 N–H and O–H groups in total. The molecule has 0 unspecified atom stereocenters. The quantitative estimate of drug-likeness (QED) is 0.729. The van der Waals surface area contributed by atoms with Crippen LogP contribution in [-0.4, -0.2) is 21.8 Å². The first-order chi connectivity index (χ1) is 7.72. The monoisotopic (exact) mass is 221 g/mol. The fourth-order valence-electron chi connectivity index (χ4n) is 1.52. The number of hydrogen-bond donors (Lipinski definition) is 3. The summed E-state index contributed by atoms with van der Waals surface area (Å²) in [6.45, 7) is 0.119. The van der Waals surface area contributed by atoms with Gasteiger partial charge in [0.05, 0.1) is 18.0 Å². The normalized spacial score (nSPS) is 12.7. The van der Waals surface area contributed by atoms with Crippen molar-refractivity contribution in [2.24, 2.45) is 5.73 Å². The van der Waals surface area contributed by atoms with Crippen LogP contribution in [0, 0.1) is 5.82 Å². The van der Waals surface area contributed by atoms with E-state index in [0.29, 0.717) is 11.3 Å². The number of nitrogens with two attached hydrogens (primary N) is 1. The number of rotatable bonds is 3. The average Bonchev–Trinajstić information content (AvgIpc) is 2.78. The topological polar surface area (TPSA) is 74.9 Å². The van der Waals surface area contributed by atoms with Crippen molar-refractivity contribution >= 4 is 0 Å². The molecule has 1 aromatic heterocycles. The van der Waals surface area contributed by atoms with Crippen LogP contribution in [0.15, 0.2) is 30.5 Å². The predicted octanol–water partition coefficient (Wildman–Crippen LogP) is 1.21. The first kappa shape index (κ1) is 10.8. The number of nitrogens with zero attached hydrogens (tertiary/aromatic N) is 1. The van der Waals surface area contributed by atoms with E-state index in [1.54, 1.807) is 12.1 Å². The van der Waals surface area contributed by atoms with Crippen molar-refractivity contribution in [1.29, 1.82) is 0 Å². The van der Waals surface area contributed by atoms with Crippen molar-refractivity contribution < 1.29 is 9.50 Å². The van der Waals surface area contributed by atoms with Gasteiger partial charge >= 0.3 is 0 Å². The highest BCUT2D eigenvalue weighted by Crippen LogP contribution is 2.25. The standard InChI is InChI=1S/C11H12FN3O/c12-8-3-1-7(2-4-8)11-9(6-14-15-11)10(16)5-13/h1-4,6,10,16H,5,13H2,(H,14,15)/t10-/m1/s1. The van der Waals surface area contributed by atoms with Crippen LogP contribution in [0.5, 0.6) is 0 Å². The van der Waals surface area contributed by atoms with Crippen molar-refractivity contribution in [2.75, 3.05) is 6.54 Å². The van der Waals surface area contributed by atoms with E-state index < -0.39 is 6.10 Å². The summed E-state index contributed by atoms with van der Waals surface area (Å²) in [6.07, 6.45) is 0.759. The molecule has 0 bridgehead atoms. The van der Waals surface area contributed by atoms with Crippen LogP contribution in [0.4, 0.5) is 4.39 Å². The smallest absolute Gasteiger partial charge is 0.123 e. The van der Waals surface area contributed by atoms with Crippen LogP contribution in [0.3, 0.4) is 0 Å². The minimum atomic E-state index is -0.765. The zero-order valence-corrected chi connectivity index (χ0v) is 8.52. The summed E-state index contributed by atoms with van der Waals surface area (Å²) in [6, 6.07) is 5.95. The van der Waals surface area contributed by atoms with Crippen LogP contribution in [0.1, 0.15) is 11.7 Å². The lowest BCUT2D eigenvalue weighted by molar-refractivity contribution is 0.187. The van der Waals surface area contributed by atoms with Crippen LogP contribution < -0.4 is 5.73 Å². The second-order valence-corrected chi connectivity index (χ2v) is 3.46. The van der Waals surface area contributed by atoms with E-state index in [1.807, 2.05) is 0 Å². The number of aliphatic hydroxyl groups excluding tert-OH is 1. The van der Waals surface area contributed by atoms with Crippen LogP contribution in [0.2, 0.25) is 0 Å². The van der Waals surface area contributed by atoms with Crippen molar-refractivity contribution in [1.82, 2.24) is 10.2 Å². The van der Waals surface area contributed by atoms with Gasteiger partial charge in [-0.3, -0.25) is 5.10 Å². The van der Waals surface area contributed by atoms with E-state index in [1.165, 1.54) is 18.3 Å². The van der Waals surface area contributed by atoms with Gasteiger partial charge in [-0.2, -0.15) is 5.10 Å². The number of nitrogens with one attached hydrogen (secondary N) is 1. The Bertz CT molecular complexity index is 466. The maximum atomic E-state index is 12.8. The minimum absolute atomic E-state index is 0.119. The summed E-state index contributed by atoms with van der Waals surface area (Å²) in [5, 5.41) is 16.3. The molecule has 1 heterocycles. The van der Waals surface area contributed by atoms with E-state index in [-0.39, 0.29) is 12.4 Å². The van der Waals surface area contributed by atoms with Gasteiger partial charge in [0.1, 0.15) is 5.82 Å². The fraction of sp³-hybridized carbons (Fsp3) is 0.182. The molecule has 0 aliphatic rings. The molecule has 0 aliphatic carbocycles. The SMILES string of the molecule is NC[C@@H](O)c1cn[nH]c1-c1ccc(F)cc1. The molecule has 5 heteroatoms. The first-order valence-corrected chi connectivity index (χ1v) is 4.89. The van der Waals surface area contributed by atoms with Crippen LogP contribution in [-0.2, 0) is 0 Å². The molecule has 0 radical (unpaired) electrons. The summed E-state index contributed by atoms with van der Waals surface area (Å²) in [5.41, 5.74) is 7.43. The number of benzene rings is 1. The summed E-state index contributed by atoms with van der Waals surface area (Å²) in [7, 11) is 0. The van der Waals surface area contributed by atoms with Gasteiger partial charge in [0.15, 0.2) is 0 Å². The van der Waals surface area contributed by atoms with Gasteiger partial charge in [0.25, 0.3) is 0 Å². The highest BCUT2D eigenvalue weighted by atomic mass is 19.1. The molecule has 84 valence electrons. The highest BCUT2D eigenvalue weighted by Gasteiger charge is 2.14. The van der Waals surface area contributed by atoms with Crippen LogP contribution in [0.25, 0.3) is 11.3 Å². The predicted molar refractivity (Wildman–Crippen MR) is 58.0 cm³/mol. The number of hydrogen-bond acceptors (Lipinski definition) is 3. The van der Waals surface area contributed by atoms with Crippen molar-refractivity contribution in [2.45, 2.75) is 6.10 Å². The van der Waals surface area contributed by atoms with Gasteiger partial charge in [-0.05, 0) is 24.3 Å². The molecule has 2 aromatic rings. The number of aromatic amines is 1. The Kier molecular flexibility index (Phi) is 2.98. The van der Waals surface area contributed by atoms with Gasteiger partial charge in [-0.1, -0.05) is 0 Å². The third-order valence-corrected chi connectivity index (χ3v) is 2.38. The van der Waals surface area contributed by atoms with Gasteiger partial charge in [-0.15, -0.1) is 0 Å². The minimum Gasteiger partial charge on any atom is -0.387 e. The van der Waals surface area contributed by atoms with Crippen molar-refractivity contribution in [3.8, 4) is 11.3 Å². The molecule has 1 atom stereocenters. The molecule has 4 nitrogen and oxygen atoms in total. The lowest BCUT2D eigenvalue weighted by atomic mass is 10.0. The molecule has 0 fully saturated rings. The molecule has 0 saturated heterocycles. The lowest BCUT2D eigenvalue weighted by Crippen LogP contribution is -2.11. The number of H-pyrrole nitrogens is 1. The van der Waals surface area contributed by atoms with E-state index in [9.17, 15) is 9.50 Å². The molecule has 0 amide bonds. The number of aliphatic hydroxyl groups is 1. The largest absolute Gasteiger partial charge is 0.387 e. The Morgan fingerprint density at radius 3 is 2.69 bits per heavy atom. The van der Waals surface area contributed by atoms with Crippen molar-refractivity contribution in [3.63, 3.8) is 0 Å². The first-order valence-electron chi connectivity index (χ1n) is 4.89. The zero-order chi connectivity index (χ0) is 11.5. The van der Waals surface area contributed by atoms with Gasteiger partial charge in [-0.25, -0.2) is 4.39 Å². The number of aromatic nitrogens is 2. The highest BCUT2D eigenvalue weighted by molar-refractivity contribution is 5.62. The summed E-state index contributed by atoms with van der Waals surface area (Å²) < 4.78 is 12.8. The second kappa shape index (κ2) is 4.42. The molecular formula is C11H12FN3O. The van der Waals surface area contributed by atoms with Crippen molar-refractivity contribution in [3.05, 3.63) is 41.8 Å². The third kappa shape index (κ3) is 1.95. The third-order valence-electron chi connectivity index (χ3n) is 2.38. The maximum absolute atomic E-state index is 12.8. The van der Waals surface area contributed by atoms with E-state index in [2.05, 4.69) is 10.2 Å². The summed E-state index contributed by atoms with van der Waals surface area (Å²) in [5.74, 6) is -0.302. The molecule has 0 spiro atoms. The molecule has 2 rings (SSSR count).